The molecule has 3 N–H and O–H groups in total. The number of halogens is 1. The van der Waals surface area contributed by atoms with Crippen LogP contribution in [0.4, 0.5) is 10.1 Å². The first-order valence-corrected chi connectivity index (χ1v) is 6.65. The van der Waals surface area contributed by atoms with Crippen molar-refractivity contribution in [3.8, 4) is 0 Å². The molecule has 108 valence electrons. The van der Waals surface area contributed by atoms with Crippen LogP contribution in [0, 0.1) is 5.82 Å². The molecule has 0 bridgehead atoms. The van der Waals surface area contributed by atoms with Gasteiger partial charge in [-0.1, -0.05) is 6.42 Å². The number of anilines is 1. The molecule has 1 aliphatic rings. The lowest BCUT2D eigenvalue weighted by molar-refractivity contribution is -0.126. The maximum absolute atomic E-state index is 12.8. The maximum atomic E-state index is 12.8. The van der Waals surface area contributed by atoms with Crippen molar-refractivity contribution < 1.29 is 14.0 Å². The van der Waals surface area contributed by atoms with Gasteiger partial charge in [0, 0.05) is 5.69 Å². The van der Waals surface area contributed by atoms with E-state index in [2.05, 4.69) is 5.32 Å². The van der Waals surface area contributed by atoms with E-state index in [9.17, 15) is 14.0 Å². The molecular formula is C14H18FN3O2. The second-order valence-corrected chi connectivity index (χ2v) is 4.94. The third kappa shape index (κ3) is 3.77. The fourth-order valence-electron chi connectivity index (χ4n) is 2.42. The molecule has 2 amide bonds. The lowest BCUT2D eigenvalue weighted by atomic mass is 10.0. The van der Waals surface area contributed by atoms with Crippen LogP contribution in [-0.4, -0.2) is 35.8 Å². The molecule has 1 saturated heterocycles. The van der Waals surface area contributed by atoms with Crippen LogP contribution in [0.3, 0.4) is 0 Å². The van der Waals surface area contributed by atoms with Crippen LogP contribution in [-0.2, 0) is 9.59 Å². The molecule has 2 rings (SSSR count). The van der Waals surface area contributed by atoms with E-state index < -0.39 is 0 Å². The van der Waals surface area contributed by atoms with Crippen molar-refractivity contribution in [3.63, 3.8) is 0 Å². The molecule has 1 unspecified atom stereocenters. The van der Waals surface area contributed by atoms with Gasteiger partial charge in [-0.05, 0) is 43.7 Å². The zero-order chi connectivity index (χ0) is 14.5. The normalized spacial score (nSPS) is 19.6. The van der Waals surface area contributed by atoms with Crippen LogP contribution < -0.4 is 11.1 Å². The third-order valence-electron chi connectivity index (χ3n) is 3.42. The zero-order valence-corrected chi connectivity index (χ0v) is 11.1. The summed E-state index contributed by atoms with van der Waals surface area (Å²) >= 11 is 0. The molecule has 0 radical (unpaired) electrons. The number of benzene rings is 1. The van der Waals surface area contributed by atoms with Gasteiger partial charge in [-0.25, -0.2) is 4.39 Å². The standard InChI is InChI=1S/C14H18FN3O2/c15-10-4-6-11(7-5-10)17-13(19)9-18-8-2-1-3-12(18)14(16)20/h4-7,12H,1-3,8-9H2,(H2,16,20)(H,17,19). The quantitative estimate of drug-likeness (QED) is 0.866. The van der Waals surface area contributed by atoms with Crippen molar-refractivity contribution in [2.75, 3.05) is 18.4 Å². The summed E-state index contributed by atoms with van der Waals surface area (Å²) < 4.78 is 12.8. The summed E-state index contributed by atoms with van der Waals surface area (Å²) in [5.74, 6) is -0.975. The summed E-state index contributed by atoms with van der Waals surface area (Å²) in [5, 5.41) is 2.68. The topological polar surface area (TPSA) is 75.4 Å². The molecule has 20 heavy (non-hydrogen) atoms. The number of amides is 2. The average molecular weight is 279 g/mol. The SMILES string of the molecule is NC(=O)C1CCCCN1CC(=O)Nc1ccc(F)cc1. The van der Waals surface area contributed by atoms with E-state index in [4.69, 9.17) is 5.73 Å². The van der Waals surface area contributed by atoms with Crippen LogP contribution in [0.15, 0.2) is 24.3 Å². The highest BCUT2D eigenvalue weighted by Gasteiger charge is 2.28. The Balaban J connectivity index is 1.92. The van der Waals surface area contributed by atoms with Crippen molar-refractivity contribution in [1.82, 2.24) is 4.90 Å². The Labute approximate surface area is 116 Å². The van der Waals surface area contributed by atoms with Crippen molar-refractivity contribution in [2.45, 2.75) is 25.3 Å². The number of likely N-dealkylation sites (tertiary alicyclic amines) is 1. The van der Waals surface area contributed by atoms with Crippen LogP contribution in [0.5, 0.6) is 0 Å². The first-order valence-electron chi connectivity index (χ1n) is 6.65. The summed E-state index contributed by atoms with van der Waals surface area (Å²) in [4.78, 5) is 25.1. The van der Waals surface area contributed by atoms with Gasteiger partial charge in [0.2, 0.25) is 11.8 Å². The fourth-order valence-corrected chi connectivity index (χ4v) is 2.42. The van der Waals surface area contributed by atoms with Gasteiger partial charge in [-0.2, -0.15) is 0 Å². The summed E-state index contributed by atoms with van der Waals surface area (Å²) in [6, 6.07) is 5.18. The van der Waals surface area contributed by atoms with Crippen molar-refractivity contribution in [1.29, 1.82) is 0 Å². The van der Waals surface area contributed by atoms with E-state index in [0.717, 1.165) is 12.8 Å². The largest absolute Gasteiger partial charge is 0.368 e. The molecule has 0 spiro atoms. The molecule has 1 atom stereocenters. The molecule has 0 aromatic heterocycles. The maximum Gasteiger partial charge on any atom is 0.238 e. The Kier molecular flexibility index (Phi) is 4.68. The second kappa shape index (κ2) is 6.47. The number of primary amides is 1. The number of carbonyl (C=O) groups is 2. The van der Waals surface area contributed by atoms with Gasteiger partial charge in [0.15, 0.2) is 0 Å². The van der Waals surface area contributed by atoms with E-state index >= 15 is 0 Å². The molecule has 1 aromatic carbocycles. The van der Waals surface area contributed by atoms with Gasteiger partial charge < -0.3 is 11.1 Å². The van der Waals surface area contributed by atoms with Gasteiger partial charge in [0.05, 0.1) is 12.6 Å². The highest BCUT2D eigenvalue weighted by Crippen LogP contribution is 2.16. The molecule has 6 heteroatoms. The highest BCUT2D eigenvalue weighted by molar-refractivity contribution is 5.92. The van der Waals surface area contributed by atoms with Crippen molar-refractivity contribution in [2.24, 2.45) is 5.73 Å². The Bertz CT molecular complexity index is 490. The minimum absolute atomic E-state index is 0.116. The lowest BCUT2D eigenvalue weighted by Crippen LogP contribution is -2.50. The molecule has 0 saturated carbocycles. The molecule has 0 aliphatic carbocycles. The number of hydrogen-bond acceptors (Lipinski definition) is 3. The van der Waals surface area contributed by atoms with Gasteiger partial charge >= 0.3 is 0 Å². The Morgan fingerprint density at radius 2 is 2.00 bits per heavy atom. The monoisotopic (exact) mass is 279 g/mol. The van der Waals surface area contributed by atoms with Gasteiger partial charge in [-0.15, -0.1) is 0 Å². The number of piperidine rings is 1. The van der Waals surface area contributed by atoms with Crippen LogP contribution in [0.2, 0.25) is 0 Å². The number of nitrogens with one attached hydrogen (secondary N) is 1. The Hall–Kier alpha value is -1.95. The predicted octanol–water partition coefficient (Wildman–Crippen LogP) is 1.10. The van der Waals surface area contributed by atoms with Gasteiger partial charge in [0.25, 0.3) is 0 Å². The van der Waals surface area contributed by atoms with Crippen LogP contribution in [0.25, 0.3) is 0 Å². The first kappa shape index (κ1) is 14.5. The number of hydrogen-bond donors (Lipinski definition) is 2. The first-order chi connectivity index (χ1) is 9.56. The Morgan fingerprint density at radius 3 is 2.65 bits per heavy atom. The molecule has 1 fully saturated rings. The Morgan fingerprint density at radius 1 is 1.30 bits per heavy atom. The van der Waals surface area contributed by atoms with Crippen LogP contribution in [0.1, 0.15) is 19.3 Å². The van der Waals surface area contributed by atoms with E-state index in [-0.39, 0.29) is 30.2 Å². The summed E-state index contributed by atoms with van der Waals surface area (Å²) in [6.07, 6.45) is 2.59. The summed E-state index contributed by atoms with van der Waals surface area (Å²) in [6.45, 7) is 0.801. The van der Waals surface area contributed by atoms with Gasteiger partial charge in [-0.3, -0.25) is 14.5 Å². The second-order valence-electron chi connectivity index (χ2n) is 4.94. The average Bonchev–Trinajstić information content (AvgIpc) is 2.41. The highest BCUT2D eigenvalue weighted by atomic mass is 19.1. The molecule has 1 aliphatic heterocycles. The third-order valence-corrected chi connectivity index (χ3v) is 3.42. The molecular weight excluding hydrogens is 261 g/mol. The fraction of sp³-hybridized carbons (Fsp3) is 0.429. The van der Waals surface area contributed by atoms with E-state index in [1.54, 1.807) is 4.90 Å². The number of rotatable bonds is 4. The van der Waals surface area contributed by atoms with Crippen LogP contribution >= 0.6 is 0 Å². The zero-order valence-electron chi connectivity index (χ0n) is 11.1. The smallest absolute Gasteiger partial charge is 0.238 e. The molecule has 5 nitrogen and oxygen atoms in total. The molecule has 1 aromatic rings. The number of carbonyl (C=O) groups excluding carboxylic acids is 2. The summed E-state index contributed by atoms with van der Waals surface area (Å²) in [5.41, 5.74) is 5.88. The minimum Gasteiger partial charge on any atom is -0.368 e. The predicted molar refractivity (Wildman–Crippen MR) is 73.4 cm³/mol. The van der Waals surface area contributed by atoms with Crippen molar-refractivity contribution >= 4 is 17.5 Å². The van der Waals surface area contributed by atoms with E-state index in [1.807, 2.05) is 0 Å². The number of nitrogens with two attached hydrogens (primary N) is 1. The number of nitrogens with zero attached hydrogens (tertiary/aromatic N) is 1. The molecule has 1 heterocycles. The van der Waals surface area contributed by atoms with Gasteiger partial charge in [0.1, 0.15) is 5.82 Å². The van der Waals surface area contributed by atoms with Crippen molar-refractivity contribution in [3.05, 3.63) is 30.1 Å². The lowest BCUT2D eigenvalue weighted by Gasteiger charge is -2.32. The van der Waals surface area contributed by atoms with E-state index in [0.29, 0.717) is 18.7 Å². The van der Waals surface area contributed by atoms with E-state index in [1.165, 1.54) is 24.3 Å². The minimum atomic E-state index is -0.390. The summed E-state index contributed by atoms with van der Waals surface area (Å²) in [7, 11) is 0.